The van der Waals surface area contributed by atoms with E-state index in [2.05, 4.69) is 24.9 Å². The number of carboxylic acid groups (broad SMARTS) is 1. The third kappa shape index (κ3) is 6.57. The molecular formula is C8H12N2O2. The third-order valence-corrected chi connectivity index (χ3v) is 1.06. The molecular weight excluding hydrogens is 156 g/mol. The Balaban J connectivity index is 0.000000217. The summed E-state index contributed by atoms with van der Waals surface area (Å²) in [5.41, 5.74) is 2.77. The number of amides is 1. The van der Waals surface area contributed by atoms with Crippen LogP contribution in [0.3, 0.4) is 0 Å². The van der Waals surface area contributed by atoms with Crippen LogP contribution in [-0.4, -0.2) is 11.2 Å². The van der Waals surface area contributed by atoms with E-state index in [1.54, 1.807) is 0 Å². The predicted molar refractivity (Wildman–Crippen MR) is 46.5 cm³/mol. The Hall–Kier alpha value is -1.55. The number of nitrogens with one attached hydrogen (secondary N) is 1. The van der Waals surface area contributed by atoms with Crippen LogP contribution in [-0.2, 0) is 0 Å². The average molecular weight is 168 g/mol. The highest BCUT2D eigenvalue weighted by Gasteiger charge is 1.77. The van der Waals surface area contributed by atoms with Crippen LogP contribution in [0.5, 0.6) is 0 Å². The minimum Gasteiger partial charge on any atom is -0.464 e. The molecule has 4 heteroatoms. The summed E-state index contributed by atoms with van der Waals surface area (Å²) < 4.78 is 0. The van der Waals surface area contributed by atoms with Crippen molar-refractivity contribution in [2.24, 2.45) is 5.84 Å². The van der Waals surface area contributed by atoms with Crippen LogP contribution in [0.1, 0.15) is 5.56 Å². The van der Waals surface area contributed by atoms with Crippen molar-refractivity contribution >= 4 is 6.09 Å². The molecule has 0 aliphatic carbocycles. The van der Waals surface area contributed by atoms with Gasteiger partial charge in [0.15, 0.2) is 0 Å². The summed E-state index contributed by atoms with van der Waals surface area (Å²) in [6.45, 7) is 2.08. The van der Waals surface area contributed by atoms with Crippen molar-refractivity contribution in [2.75, 3.05) is 0 Å². The molecule has 1 aromatic carbocycles. The van der Waals surface area contributed by atoms with Gasteiger partial charge in [0.05, 0.1) is 0 Å². The quantitative estimate of drug-likeness (QED) is 0.308. The largest absolute Gasteiger partial charge is 0.464 e. The van der Waals surface area contributed by atoms with Crippen molar-refractivity contribution in [1.29, 1.82) is 0 Å². The summed E-state index contributed by atoms with van der Waals surface area (Å²) in [4.78, 5) is 9.13. The monoisotopic (exact) mass is 168 g/mol. The number of nitrogens with two attached hydrogens (primary N) is 1. The number of carbonyl (C=O) groups is 1. The zero-order valence-electron chi connectivity index (χ0n) is 6.82. The highest BCUT2D eigenvalue weighted by atomic mass is 16.4. The van der Waals surface area contributed by atoms with Gasteiger partial charge in [0.2, 0.25) is 0 Å². The molecule has 0 radical (unpaired) electrons. The fourth-order valence-electron chi connectivity index (χ4n) is 0.534. The SMILES string of the molecule is Cc1ccccc1.NNC(=O)O. The second kappa shape index (κ2) is 6.18. The van der Waals surface area contributed by atoms with E-state index in [-0.39, 0.29) is 0 Å². The van der Waals surface area contributed by atoms with Gasteiger partial charge in [-0.3, -0.25) is 5.43 Å². The molecule has 4 N–H and O–H groups in total. The van der Waals surface area contributed by atoms with E-state index in [0.29, 0.717) is 0 Å². The van der Waals surface area contributed by atoms with E-state index in [1.165, 1.54) is 11.0 Å². The molecule has 0 saturated carbocycles. The van der Waals surface area contributed by atoms with Crippen molar-refractivity contribution in [1.82, 2.24) is 5.43 Å². The van der Waals surface area contributed by atoms with Crippen LogP contribution in [0, 0.1) is 6.92 Å². The first-order valence-corrected chi connectivity index (χ1v) is 3.38. The molecule has 1 aromatic rings. The first-order chi connectivity index (χ1) is 5.66. The smallest absolute Gasteiger partial charge is 0.418 e. The van der Waals surface area contributed by atoms with Gasteiger partial charge in [-0.2, -0.15) is 0 Å². The fraction of sp³-hybridized carbons (Fsp3) is 0.125. The zero-order chi connectivity index (χ0) is 9.40. The van der Waals surface area contributed by atoms with Crippen LogP contribution in [0.25, 0.3) is 0 Å². The van der Waals surface area contributed by atoms with Crippen LogP contribution in [0.2, 0.25) is 0 Å². The summed E-state index contributed by atoms with van der Waals surface area (Å²) in [6.07, 6.45) is -1.22. The van der Waals surface area contributed by atoms with Crippen molar-refractivity contribution in [2.45, 2.75) is 6.92 Å². The van der Waals surface area contributed by atoms with E-state index in [0.717, 1.165) is 0 Å². The summed E-state index contributed by atoms with van der Waals surface area (Å²) >= 11 is 0. The zero-order valence-corrected chi connectivity index (χ0v) is 6.82. The van der Waals surface area contributed by atoms with E-state index in [9.17, 15) is 0 Å². The van der Waals surface area contributed by atoms with E-state index in [4.69, 9.17) is 9.90 Å². The molecule has 4 nitrogen and oxygen atoms in total. The Kier molecular flexibility index (Phi) is 5.38. The molecule has 0 aromatic heterocycles. The Morgan fingerprint density at radius 3 is 2.00 bits per heavy atom. The van der Waals surface area contributed by atoms with Gasteiger partial charge in [-0.1, -0.05) is 35.9 Å². The van der Waals surface area contributed by atoms with Gasteiger partial charge in [-0.15, -0.1) is 0 Å². The van der Waals surface area contributed by atoms with Crippen LogP contribution < -0.4 is 11.3 Å². The summed E-state index contributed by atoms with van der Waals surface area (Å²) in [7, 11) is 0. The Morgan fingerprint density at radius 1 is 1.42 bits per heavy atom. The summed E-state index contributed by atoms with van der Waals surface area (Å²) in [5, 5.41) is 7.49. The number of hydrogen-bond donors (Lipinski definition) is 3. The van der Waals surface area contributed by atoms with E-state index < -0.39 is 6.09 Å². The number of hydrazine groups is 1. The lowest BCUT2D eigenvalue weighted by Crippen LogP contribution is -2.27. The first kappa shape index (κ1) is 10.4. The molecule has 0 spiro atoms. The second-order valence-corrected chi connectivity index (χ2v) is 2.10. The molecule has 0 aliphatic rings. The number of rotatable bonds is 0. The number of benzene rings is 1. The van der Waals surface area contributed by atoms with Crippen molar-refractivity contribution in [3.05, 3.63) is 35.9 Å². The molecule has 0 bridgehead atoms. The Bertz CT molecular complexity index is 224. The highest BCUT2D eigenvalue weighted by molar-refractivity contribution is 5.63. The van der Waals surface area contributed by atoms with E-state index in [1.807, 2.05) is 18.2 Å². The topological polar surface area (TPSA) is 75.3 Å². The van der Waals surface area contributed by atoms with Crippen molar-refractivity contribution in [3.63, 3.8) is 0 Å². The standard InChI is InChI=1S/C7H8.CH4N2O2/c1-7-5-3-2-4-6-7;2-3-1(4)5/h2-6H,1H3;3H,2H2,(H,4,5). The lowest BCUT2D eigenvalue weighted by molar-refractivity contribution is 0.194. The first-order valence-electron chi connectivity index (χ1n) is 3.38. The molecule has 1 rings (SSSR count). The van der Waals surface area contributed by atoms with Gasteiger partial charge in [-0.25, -0.2) is 10.6 Å². The predicted octanol–water partition coefficient (Wildman–Crippen LogP) is 1.12. The maximum atomic E-state index is 9.13. The normalized spacial score (nSPS) is 7.83. The minimum atomic E-state index is -1.22. The maximum absolute atomic E-state index is 9.13. The Morgan fingerprint density at radius 2 is 1.83 bits per heavy atom. The van der Waals surface area contributed by atoms with Gasteiger partial charge in [-0.05, 0) is 6.92 Å². The van der Waals surface area contributed by atoms with Crippen LogP contribution >= 0.6 is 0 Å². The number of hydrogen-bond acceptors (Lipinski definition) is 2. The van der Waals surface area contributed by atoms with Gasteiger partial charge in [0.1, 0.15) is 0 Å². The lowest BCUT2D eigenvalue weighted by atomic mass is 10.2. The van der Waals surface area contributed by atoms with Gasteiger partial charge < -0.3 is 5.11 Å². The molecule has 12 heavy (non-hydrogen) atoms. The minimum absolute atomic E-state index is 1.22. The van der Waals surface area contributed by atoms with Gasteiger partial charge >= 0.3 is 6.09 Å². The van der Waals surface area contributed by atoms with Crippen LogP contribution in [0.15, 0.2) is 30.3 Å². The molecule has 0 fully saturated rings. The summed E-state index contributed by atoms with van der Waals surface area (Å²) in [5.74, 6) is 4.32. The molecule has 0 saturated heterocycles. The fourth-order valence-corrected chi connectivity index (χ4v) is 0.534. The molecule has 0 aliphatic heterocycles. The van der Waals surface area contributed by atoms with Gasteiger partial charge in [0, 0.05) is 0 Å². The molecule has 0 heterocycles. The lowest BCUT2D eigenvalue weighted by Gasteiger charge is -1.82. The molecule has 1 amide bonds. The van der Waals surface area contributed by atoms with Crippen molar-refractivity contribution < 1.29 is 9.90 Å². The third-order valence-electron chi connectivity index (χ3n) is 1.06. The summed E-state index contributed by atoms with van der Waals surface area (Å²) in [6, 6.07) is 10.3. The van der Waals surface area contributed by atoms with E-state index >= 15 is 0 Å². The maximum Gasteiger partial charge on any atom is 0.418 e. The number of aryl methyl sites for hydroxylation is 1. The van der Waals surface area contributed by atoms with Gasteiger partial charge in [0.25, 0.3) is 0 Å². The Labute approximate surface area is 71.0 Å². The highest BCUT2D eigenvalue weighted by Crippen LogP contribution is 1.92. The van der Waals surface area contributed by atoms with Crippen molar-refractivity contribution in [3.8, 4) is 0 Å². The molecule has 66 valence electrons. The molecule has 0 atom stereocenters. The molecule has 0 unspecified atom stereocenters. The second-order valence-electron chi connectivity index (χ2n) is 2.10. The van der Waals surface area contributed by atoms with Crippen LogP contribution in [0.4, 0.5) is 4.79 Å². The average Bonchev–Trinajstić information content (AvgIpc) is 2.07.